The first-order valence-corrected chi connectivity index (χ1v) is 9.43. The maximum absolute atomic E-state index is 12.4. The van der Waals surface area contributed by atoms with Crippen molar-refractivity contribution < 1.29 is 22.7 Å². The van der Waals surface area contributed by atoms with Crippen molar-refractivity contribution in [3.05, 3.63) is 47.5 Å². The molecule has 0 aliphatic carbocycles. The fourth-order valence-electron chi connectivity index (χ4n) is 2.13. The molecule has 2 aromatic carbocycles. The van der Waals surface area contributed by atoms with Gasteiger partial charge in [-0.2, -0.15) is 4.72 Å². The Morgan fingerprint density at radius 3 is 2.31 bits per heavy atom. The van der Waals surface area contributed by atoms with Gasteiger partial charge in [-0.25, -0.2) is 8.42 Å². The van der Waals surface area contributed by atoms with E-state index in [1.807, 2.05) is 0 Å². The number of ether oxygens (including phenoxy) is 2. The predicted octanol–water partition coefficient (Wildman–Crippen LogP) is 2.66. The zero-order valence-corrected chi connectivity index (χ0v) is 16.0. The largest absolute Gasteiger partial charge is 0.497 e. The molecule has 2 rings (SSSR count). The van der Waals surface area contributed by atoms with Crippen molar-refractivity contribution in [3.63, 3.8) is 0 Å². The van der Waals surface area contributed by atoms with Crippen molar-refractivity contribution in [1.29, 1.82) is 0 Å². The van der Waals surface area contributed by atoms with Crippen LogP contribution in [0.1, 0.15) is 6.92 Å². The number of methoxy groups -OCH3 is 2. The summed E-state index contributed by atoms with van der Waals surface area (Å²) in [7, 11) is -0.932. The Morgan fingerprint density at radius 1 is 1.08 bits per heavy atom. The minimum absolute atomic E-state index is 0.0262. The van der Waals surface area contributed by atoms with Crippen LogP contribution in [-0.4, -0.2) is 34.6 Å². The number of sulfonamides is 1. The van der Waals surface area contributed by atoms with Crippen molar-refractivity contribution >= 4 is 33.2 Å². The lowest BCUT2D eigenvalue weighted by molar-refractivity contribution is -0.117. The Balaban J connectivity index is 2.11. The van der Waals surface area contributed by atoms with Gasteiger partial charge in [0.2, 0.25) is 15.9 Å². The Labute approximate surface area is 157 Å². The molecule has 7 nitrogen and oxygen atoms in total. The normalized spacial score (nSPS) is 12.3. The number of benzene rings is 2. The van der Waals surface area contributed by atoms with Crippen molar-refractivity contribution in [2.75, 3.05) is 19.5 Å². The molecule has 1 atom stereocenters. The average molecular weight is 399 g/mol. The zero-order chi connectivity index (χ0) is 19.3. The number of hydrogen-bond donors (Lipinski definition) is 2. The van der Waals surface area contributed by atoms with Gasteiger partial charge in [-0.05, 0) is 49.4 Å². The summed E-state index contributed by atoms with van der Waals surface area (Å²) in [6.45, 7) is 1.44. The second-order valence-electron chi connectivity index (χ2n) is 5.35. The van der Waals surface area contributed by atoms with Gasteiger partial charge in [0.1, 0.15) is 11.5 Å². The summed E-state index contributed by atoms with van der Waals surface area (Å²) in [6, 6.07) is 9.55. The molecule has 0 aliphatic rings. The maximum Gasteiger partial charge on any atom is 0.242 e. The van der Waals surface area contributed by atoms with Gasteiger partial charge in [0.05, 0.1) is 30.8 Å². The van der Waals surface area contributed by atoms with Crippen molar-refractivity contribution in [3.8, 4) is 11.5 Å². The van der Waals surface area contributed by atoms with Gasteiger partial charge in [0.15, 0.2) is 0 Å². The quantitative estimate of drug-likeness (QED) is 0.747. The summed E-state index contributed by atoms with van der Waals surface area (Å²) in [4.78, 5) is 12.4. The van der Waals surface area contributed by atoms with Crippen LogP contribution in [0.4, 0.5) is 5.69 Å². The number of carbonyl (C=O) groups excluding carboxylic acids is 1. The smallest absolute Gasteiger partial charge is 0.242 e. The molecule has 0 saturated carbocycles. The van der Waals surface area contributed by atoms with Gasteiger partial charge < -0.3 is 14.8 Å². The van der Waals surface area contributed by atoms with Crippen molar-refractivity contribution in [2.45, 2.75) is 17.9 Å². The lowest BCUT2D eigenvalue weighted by Gasteiger charge is -2.16. The molecule has 140 valence electrons. The summed E-state index contributed by atoms with van der Waals surface area (Å²) < 4.78 is 37.3. The van der Waals surface area contributed by atoms with Crippen molar-refractivity contribution in [1.82, 2.24) is 4.72 Å². The van der Waals surface area contributed by atoms with E-state index in [9.17, 15) is 13.2 Å². The SMILES string of the molecule is COc1ccc(S(=O)(=O)N[C@H](C)C(=O)Nc2cc(Cl)ccc2OC)cc1. The fraction of sp³-hybridized carbons (Fsp3) is 0.235. The first kappa shape index (κ1) is 20.0. The van der Waals surface area contributed by atoms with Crippen LogP contribution in [0, 0.1) is 0 Å². The number of hydrogen-bond acceptors (Lipinski definition) is 5. The molecule has 0 radical (unpaired) electrons. The third-order valence-corrected chi connectivity index (χ3v) is 5.31. The predicted molar refractivity (Wildman–Crippen MR) is 99.4 cm³/mol. The molecule has 26 heavy (non-hydrogen) atoms. The molecule has 0 unspecified atom stereocenters. The second kappa shape index (κ2) is 8.39. The Morgan fingerprint density at radius 2 is 1.73 bits per heavy atom. The molecule has 9 heteroatoms. The van der Waals surface area contributed by atoms with Crippen LogP contribution in [0.25, 0.3) is 0 Å². The monoisotopic (exact) mass is 398 g/mol. The van der Waals surface area contributed by atoms with Gasteiger partial charge in [0.25, 0.3) is 0 Å². The summed E-state index contributed by atoms with van der Waals surface area (Å²) in [6.07, 6.45) is 0. The van der Waals surface area contributed by atoms with E-state index < -0.39 is 22.0 Å². The molecule has 0 aliphatic heterocycles. The van der Waals surface area contributed by atoms with E-state index in [1.54, 1.807) is 12.1 Å². The van der Waals surface area contributed by atoms with E-state index in [2.05, 4.69) is 10.0 Å². The number of halogens is 1. The van der Waals surface area contributed by atoms with Crippen LogP contribution in [0.3, 0.4) is 0 Å². The van der Waals surface area contributed by atoms with Crippen LogP contribution in [0.2, 0.25) is 5.02 Å². The number of carbonyl (C=O) groups is 1. The Kier molecular flexibility index (Phi) is 6.47. The number of amides is 1. The average Bonchev–Trinajstić information content (AvgIpc) is 2.61. The number of rotatable bonds is 7. The Hall–Kier alpha value is -2.29. The fourth-order valence-corrected chi connectivity index (χ4v) is 3.50. The highest BCUT2D eigenvalue weighted by Crippen LogP contribution is 2.27. The van der Waals surface area contributed by atoms with Crippen LogP contribution in [-0.2, 0) is 14.8 Å². The molecule has 0 heterocycles. The molecule has 0 aromatic heterocycles. The molecular formula is C17H19ClN2O5S. The van der Waals surface area contributed by atoms with Gasteiger partial charge in [-0.1, -0.05) is 11.6 Å². The maximum atomic E-state index is 12.4. The third-order valence-electron chi connectivity index (χ3n) is 3.51. The molecule has 0 bridgehead atoms. The van der Waals surface area contributed by atoms with E-state index in [0.29, 0.717) is 22.2 Å². The van der Waals surface area contributed by atoms with Gasteiger partial charge >= 0.3 is 0 Å². The molecule has 0 fully saturated rings. The summed E-state index contributed by atoms with van der Waals surface area (Å²) in [5, 5.41) is 3.01. The highest BCUT2D eigenvalue weighted by atomic mass is 35.5. The molecule has 2 aromatic rings. The van der Waals surface area contributed by atoms with Gasteiger partial charge in [-0.3, -0.25) is 4.79 Å². The van der Waals surface area contributed by atoms with Gasteiger partial charge in [0, 0.05) is 5.02 Å². The summed E-state index contributed by atoms with van der Waals surface area (Å²) in [5.74, 6) is 0.387. The molecular weight excluding hydrogens is 380 g/mol. The van der Waals surface area contributed by atoms with E-state index in [0.717, 1.165) is 0 Å². The van der Waals surface area contributed by atoms with Crippen LogP contribution < -0.4 is 19.5 Å². The van der Waals surface area contributed by atoms with E-state index >= 15 is 0 Å². The molecule has 2 N–H and O–H groups in total. The van der Waals surface area contributed by atoms with Crippen LogP contribution >= 0.6 is 11.6 Å². The minimum Gasteiger partial charge on any atom is -0.497 e. The van der Waals surface area contributed by atoms with E-state index in [-0.39, 0.29) is 4.90 Å². The number of anilines is 1. The van der Waals surface area contributed by atoms with E-state index in [1.165, 1.54) is 51.5 Å². The minimum atomic E-state index is -3.87. The highest BCUT2D eigenvalue weighted by molar-refractivity contribution is 7.89. The van der Waals surface area contributed by atoms with Crippen LogP contribution in [0.5, 0.6) is 11.5 Å². The van der Waals surface area contributed by atoms with E-state index in [4.69, 9.17) is 21.1 Å². The molecule has 0 spiro atoms. The summed E-state index contributed by atoms with van der Waals surface area (Å²) >= 11 is 5.92. The summed E-state index contributed by atoms with van der Waals surface area (Å²) in [5.41, 5.74) is 0.348. The lowest BCUT2D eigenvalue weighted by atomic mass is 10.2. The third kappa shape index (κ3) is 4.87. The number of nitrogens with one attached hydrogen (secondary N) is 2. The zero-order valence-electron chi connectivity index (χ0n) is 14.4. The molecule has 0 saturated heterocycles. The second-order valence-corrected chi connectivity index (χ2v) is 7.50. The first-order valence-electron chi connectivity index (χ1n) is 7.57. The highest BCUT2D eigenvalue weighted by Gasteiger charge is 2.23. The standard InChI is InChI=1S/C17H19ClN2O5S/c1-11(17(21)19-15-10-12(18)4-9-16(15)25-3)20-26(22,23)14-7-5-13(24-2)6-8-14/h4-11,20H,1-3H3,(H,19,21)/t11-/m1/s1. The first-order chi connectivity index (χ1) is 12.3. The van der Waals surface area contributed by atoms with Gasteiger partial charge in [-0.15, -0.1) is 0 Å². The Bertz CT molecular complexity index is 885. The van der Waals surface area contributed by atoms with Crippen LogP contribution in [0.15, 0.2) is 47.4 Å². The topological polar surface area (TPSA) is 93.7 Å². The lowest BCUT2D eigenvalue weighted by Crippen LogP contribution is -2.41. The molecule has 1 amide bonds. The van der Waals surface area contributed by atoms with Crippen molar-refractivity contribution in [2.24, 2.45) is 0 Å².